The summed E-state index contributed by atoms with van der Waals surface area (Å²) in [7, 11) is -4.44. The molecule has 1 unspecified atom stereocenters. The van der Waals surface area contributed by atoms with Crippen molar-refractivity contribution in [3.8, 4) is 0 Å². The predicted molar refractivity (Wildman–Crippen MR) is 116 cm³/mol. The van der Waals surface area contributed by atoms with Crippen LogP contribution in [0.25, 0.3) is 0 Å². The highest BCUT2D eigenvalue weighted by molar-refractivity contribution is 7.92. The van der Waals surface area contributed by atoms with Crippen LogP contribution in [0.1, 0.15) is 32.4 Å². The number of aliphatic hydroxyl groups excluding tert-OH is 1. The summed E-state index contributed by atoms with van der Waals surface area (Å²) in [6.45, 7) is 0.0310. The number of carbonyl (C=O) groups excluding carboxylic acids is 2. The van der Waals surface area contributed by atoms with E-state index in [4.69, 9.17) is 5.11 Å². The van der Waals surface area contributed by atoms with Crippen LogP contribution in [0.4, 0.5) is 13.2 Å². The number of ether oxygens (including phenoxy) is 1. The monoisotopic (exact) mass is 508 g/mol. The second-order valence-corrected chi connectivity index (χ2v) is 9.33. The van der Waals surface area contributed by atoms with Gasteiger partial charge in [0.1, 0.15) is 35.0 Å². The van der Waals surface area contributed by atoms with E-state index in [1.54, 1.807) is 0 Å². The number of nitrogens with one attached hydrogen (secondary N) is 1. The Balaban J connectivity index is 2.06. The van der Waals surface area contributed by atoms with Gasteiger partial charge in [-0.3, -0.25) is 9.78 Å². The maximum absolute atomic E-state index is 14.8. The molecule has 0 aliphatic rings. The molecule has 1 amide bonds. The first-order valence-electron chi connectivity index (χ1n) is 10.00. The molecule has 1 heterocycles. The summed E-state index contributed by atoms with van der Waals surface area (Å²) < 4.78 is 73.7. The first-order valence-corrected chi connectivity index (χ1v) is 11.5. The fourth-order valence-corrected chi connectivity index (χ4v) is 5.14. The van der Waals surface area contributed by atoms with E-state index in [1.165, 1.54) is 13.0 Å². The summed E-state index contributed by atoms with van der Waals surface area (Å²) in [4.78, 5) is 26.8. The Morgan fingerprint density at radius 2 is 1.69 bits per heavy atom. The molecule has 0 spiro atoms. The van der Waals surface area contributed by atoms with Gasteiger partial charge in [-0.15, -0.1) is 0 Å². The lowest BCUT2D eigenvalue weighted by atomic mass is 10.0. The summed E-state index contributed by atoms with van der Waals surface area (Å²) in [5, 5.41) is 9.08. The van der Waals surface area contributed by atoms with Gasteiger partial charge >= 0.3 is 5.97 Å². The fourth-order valence-electron chi connectivity index (χ4n) is 3.26. The van der Waals surface area contributed by atoms with Crippen molar-refractivity contribution in [3.05, 3.63) is 94.6 Å². The number of carbonyl (C=O) groups is 2. The van der Waals surface area contributed by atoms with Crippen LogP contribution in [0.2, 0.25) is 0 Å². The molecule has 8 nitrogen and oxygen atoms in total. The molecule has 3 rings (SSSR count). The number of hydrogen-bond donors (Lipinski definition) is 2. The zero-order valence-electron chi connectivity index (χ0n) is 18.2. The van der Waals surface area contributed by atoms with Crippen molar-refractivity contribution in [2.45, 2.75) is 17.1 Å². The van der Waals surface area contributed by atoms with Gasteiger partial charge in [0, 0.05) is 11.8 Å². The Bertz CT molecular complexity index is 1360. The van der Waals surface area contributed by atoms with Crippen LogP contribution in [0.5, 0.6) is 0 Å². The SMILES string of the molecule is Cc1cc(C(=O)NCOC(=O)CO)ncc1C(c1cc(F)ccc1F)S(=O)(=O)c1ccc(F)cc1. The third-order valence-electron chi connectivity index (χ3n) is 4.95. The van der Waals surface area contributed by atoms with Crippen LogP contribution < -0.4 is 5.32 Å². The van der Waals surface area contributed by atoms with Gasteiger partial charge in [-0.05, 0) is 66.6 Å². The Hall–Kier alpha value is -3.77. The van der Waals surface area contributed by atoms with E-state index in [2.05, 4.69) is 15.0 Å². The van der Waals surface area contributed by atoms with Crippen LogP contribution in [0.3, 0.4) is 0 Å². The summed E-state index contributed by atoms with van der Waals surface area (Å²) in [6, 6.07) is 7.46. The second kappa shape index (κ2) is 10.7. The summed E-state index contributed by atoms with van der Waals surface area (Å²) in [5.74, 6) is -4.29. The number of aryl methyl sites for hydroxylation is 1. The average Bonchev–Trinajstić information content (AvgIpc) is 2.82. The first kappa shape index (κ1) is 25.8. The van der Waals surface area contributed by atoms with Crippen molar-refractivity contribution in [3.63, 3.8) is 0 Å². The standard InChI is InChI=1S/C23H19F3N2O6S/c1-13-8-20(23(31)28-12-34-21(30)11-29)27-10-18(13)22(17-9-15(25)4-7-19(17)26)35(32,33)16-5-2-14(24)3-6-16/h2-10,22,29H,11-12H2,1H3,(H,28,31). The molecule has 1 atom stereocenters. The smallest absolute Gasteiger partial charge is 0.333 e. The molecule has 2 N–H and O–H groups in total. The van der Waals surface area contributed by atoms with E-state index in [0.717, 1.165) is 48.7 Å². The van der Waals surface area contributed by atoms with Gasteiger partial charge in [0.15, 0.2) is 16.6 Å². The maximum Gasteiger partial charge on any atom is 0.333 e. The van der Waals surface area contributed by atoms with Crippen molar-refractivity contribution >= 4 is 21.7 Å². The quantitative estimate of drug-likeness (QED) is 0.272. The number of sulfone groups is 1. The van der Waals surface area contributed by atoms with Crippen LogP contribution in [0.15, 0.2) is 59.6 Å². The molecule has 0 radical (unpaired) electrons. The number of amides is 1. The second-order valence-electron chi connectivity index (χ2n) is 7.30. The maximum atomic E-state index is 14.8. The first-order chi connectivity index (χ1) is 16.5. The Morgan fingerprint density at radius 1 is 1.03 bits per heavy atom. The van der Waals surface area contributed by atoms with Crippen molar-refractivity contribution in [2.75, 3.05) is 13.3 Å². The van der Waals surface area contributed by atoms with E-state index in [-0.39, 0.29) is 21.7 Å². The van der Waals surface area contributed by atoms with Gasteiger partial charge in [0.25, 0.3) is 5.91 Å². The van der Waals surface area contributed by atoms with Crippen molar-refractivity contribution in [1.82, 2.24) is 10.3 Å². The fraction of sp³-hybridized carbons (Fsp3) is 0.174. The Morgan fingerprint density at radius 3 is 2.31 bits per heavy atom. The van der Waals surface area contributed by atoms with Crippen LogP contribution in [0, 0.1) is 24.4 Å². The van der Waals surface area contributed by atoms with E-state index >= 15 is 0 Å². The number of nitrogens with zero attached hydrogens (tertiary/aromatic N) is 1. The molecular formula is C23H19F3N2O6S. The van der Waals surface area contributed by atoms with E-state index in [1.807, 2.05) is 0 Å². The molecular weight excluding hydrogens is 489 g/mol. The molecule has 0 aliphatic heterocycles. The summed E-state index contributed by atoms with van der Waals surface area (Å²) in [6.07, 6.45) is 1.04. The molecule has 1 aromatic heterocycles. The molecule has 3 aromatic rings. The van der Waals surface area contributed by atoms with E-state index in [0.29, 0.717) is 0 Å². The average molecular weight is 508 g/mol. The molecule has 0 bridgehead atoms. The minimum atomic E-state index is -4.44. The van der Waals surface area contributed by atoms with Gasteiger partial charge < -0.3 is 15.2 Å². The highest BCUT2D eigenvalue weighted by Crippen LogP contribution is 2.38. The number of rotatable bonds is 8. The van der Waals surface area contributed by atoms with Gasteiger partial charge in [0.2, 0.25) is 0 Å². The highest BCUT2D eigenvalue weighted by atomic mass is 32.2. The van der Waals surface area contributed by atoms with Crippen LogP contribution in [-0.4, -0.2) is 43.7 Å². The van der Waals surface area contributed by atoms with Crippen LogP contribution in [-0.2, 0) is 19.4 Å². The number of hydrogen-bond acceptors (Lipinski definition) is 7. The number of pyridine rings is 1. The lowest BCUT2D eigenvalue weighted by Crippen LogP contribution is -2.29. The largest absolute Gasteiger partial charge is 0.443 e. The predicted octanol–water partition coefficient (Wildman–Crippen LogP) is 2.59. The van der Waals surface area contributed by atoms with Gasteiger partial charge in [0.05, 0.1) is 4.90 Å². The zero-order valence-corrected chi connectivity index (χ0v) is 19.0. The van der Waals surface area contributed by atoms with Crippen molar-refractivity contribution < 1.29 is 41.0 Å². The Kier molecular flexibility index (Phi) is 7.87. The lowest BCUT2D eigenvalue weighted by molar-refractivity contribution is -0.147. The number of aromatic nitrogens is 1. The Labute approximate surface area is 198 Å². The molecule has 12 heteroatoms. The topological polar surface area (TPSA) is 123 Å². The number of aliphatic hydroxyl groups is 1. The van der Waals surface area contributed by atoms with E-state index < -0.39 is 63.3 Å². The van der Waals surface area contributed by atoms with Crippen molar-refractivity contribution in [2.24, 2.45) is 0 Å². The molecule has 184 valence electrons. The van der Waals surface area contributed by atoms with Gasteiger partial charge in [-0.1, -0.05) is 0 Å². The van der Waals surface area contributed by atoms with Crippen LogP contribution >= 0.6 is 0 Å². The normalized spacial score (nSPS) is 12.1. The summed E-state index contributed by atoms with van der Waals surface area (Å²) >= 11 is 0. The van der Waals surface area contributed by atoms with Gasteiger partial charge in [-0.2, -0.15) is 0 Å². The third kappa shape index (κ3) is 5.84. The molecule has 0 aliphatic carbocycles. The number of esters is 1. The molecule has 0 saturated heterocycles. The number of halogens is 3. The molecule has 35 heavy (non-hydrogen) atoms. The van der Waals surface area contributed by atoms with Crippen molar-refractivity contribution in [1.29, 1.82) is 0 Å². The van der Waals surface area contributed by atoms with Gasteiger partial charge in [-0.25, -0.2) is 26.4 Å². The van der Waals surface area contributed by atoms with E-state index in [9.17, 15) is 31.2 Å². The minimum absolute atomic E-state index is 0.0397. The minimum Gasteiger partial charge on any atom is -0.443 e. The molecule has 2 aromatic carbocycles. The summed E-state index contributed by atoms with van der Waals surface area (Å²) in [5.41, 5.74) is -0.504. The lowest BCUT2D eigenvalue weighted by Gasteiger charge is -2.21. The zero-order chi connectivity index (χ0) is 25.8. The highest BCUT2D eigenvalue weighted by Gasteiger charge is 2.35. The third-order valence-corrected chi connectivity index (χ3v) is 7.01. The molecule has 0 fully saturated rings. The molecule has 0 saturated carbocycles. The number of benzene rings is 2.